The first-order chi connectivity index (χ1) is 12.2. The minimum absolute atomic E-state index is 0.0848. The van der Waals surface area contributed by atoms with Crippen molar-refractivity contribution in [3.8, 4) is 11.5 Å². The van der Waals surface area contributed by atoms with Crippen molar-refractivity contribution in [1.82, 2.24) is 15.3 Å². The topological polar surface area (TPSA) is 44.8 Å². The molecule has 25 heavy (non-hydrogen) atoms. The van der Waals surface area contributed by atoms with E-state index in [0.717, 1.165) is 48.6 Å². The van der Waals surface area contributed by atoms with E-state index in [1.54, 1.807) is 5.01 Å². The van der Waals surface area contributed by atoms with Crippen LogP contribution in [0.4, 0.5) is 4.79 Å². The molecule has 0 aromatic heterocycles. The van der Waals surface area contributed by atoms with Gasteiger partial charge in [0.05, 0.1) is 6.04 Å². The second-order valence-electron chi connectivity index (χ2n) is 6.60. The molecule has 2 aromatic rings. The Bertz CT molecular complexity index is 726. The summed E-state index contributed by atoms with van der Waals surface area (Å²) < 4.78 is 5.99. The maximum Gasteiger partial charge on any atom is 0.332 e. The number of amides is 2. The zero-order valence-corrected chi connectivity index (χ0v) is 14.4. The third kappa shape index (κ3) is 3.07. The van der Waals surface area contributed by atoms with Crippen LogP contribution in [-0.4, -0.2) is 36.2 Å². The van der Waals surface area contributed by atoms with E-state index in [0.29, 0.717) is 0 Å². The van der Waals surface area contributed by atoms with Crippen LogP contribution >= 0.6 is 0 Å². The largest absolute Gasteiger partial charge is 0.457 e. The van der Waals surface area contributed by atoms with Gasteiger partial charge in [-0.05, 0) is 25.0 Å². The lowest BCUT2D eigenvalue weighted by molar-refractivity contribution is 0.0182. The normalized spacial score (nSPS) is 17.2. The van der Waals surface area contributed by atoms with E-state index < -0.39 is 0 Å². The molecule has 4 rings (SSSR count). The number of carbonyl (C=O) groups excluding carboxylic acids is 1. The molecule has 130 valence electrons. The van der Waals surface area contributed by atoms with Crippen LogP contribution < -0.4 is 10.1 Å². The van der Waals surface area contributed by atoms with E-state index in [-0.39, 0.29) is 12.1 Å². The van der Waals surface area contributed by atoms with Gasteiger partial charge in [-0.25, -0.2) is 9.80 Å². The highest BCUT2D eigenvalue weighted by atomic mass is 16.5. The number of nitrogens with one attached hydrogen (secondary N) is 1. The number of benzene rings is 2. The first-order valence-corrected chi connectivity index (χ1v) is 8.89. The molecule has 1 fully saturated rings. The van der Waals surface area contributed by atoms with Crippen molar-refractivity contribution in [1.29, 1.82) is 0 Å². The summed E-state index contributed by atoms with van der Waals surface area (Å²) >= 11 is 0. The molecule has 0 atom stereocenters. The number of rotatable bonds is 2. The molecule has 2 aliphatic heterocycles. The molecule has 0 aliphatic carbocycles. The van der Waals surface area contributed by atoms with Crippen LogP contribution in [0.5, 0.6) is 11.5 Å². The van der Waals surface area contributed by atoms with Gasteiger partial charge in [-0.3, -0.25) is 5.01 Å². The predicted octanol–water partition coefficient (Wildman–Crippen LogP) is 3.92. The predicted molar refractivity (Wildman–Crippen MR) is 96.5 cm³/mol. The maximum atomic E-state index is 12.9. The minimum atomic E-state index is -0.208. The molecule has 0 unspecified atom stereocenters. The van der Waals surface area contributed by atoms with Crippen molar-refractivity contribution >= 4 is 6.03 Å². The standard InChI is InChI=1S/C20H23N3O2/c1-22(23-13-7-2-8-14-23)20(24)21-19-15-9-3-5-11-17(15)25-18-12-6-4-10-16(18)19/h3-6,9-12,19H,2,7-8,13-14H2,1H3,(H,21,24). The van der Waals surface area contributed by atoms with Crippen LogP contribution in [0.15, 0.2) is 48.5 Å². The highest BCUT2D eigenvalue weighted by Gasteiger charge is 2.30. The molecule has 1 saturated heterocycles. The number of hydrogen-bond donors (Lipinski definition) is 1. The number of fused-ring (bicyclic) bond motifs is 2. The van der Waals surface area contributed by atoms with Gasteiger partial charge in [0, 0.05) is 31.3 Å². The second-order valence-corrected chi connectivity index (χ2v) is 6.60. The Labute approximate surface area is 148 Å². The lowest BCUT2D eigenvalue weighted by Crippen LogP contribution is -2.51. The van der Waals surface area contributed by atoms with E-state index >= 15 is 0 Å². The third-order valence-corrected chi connectivity index (χ3v) is 5.00. The molecule has 0 spiro atoms. The first-order valence-electron chi connectivity index (χ1n) is 8.89. The molecule has 1 N–H and O–H groups in total. The van der Waals surface area contributed by atoms with Crippen molar-refractivity contribution in [3.63, 3.8) is 0 Å². The number of para-hydroxylation sites is 2. The number of piperidine rings is 1. The molecule has 2 aromatic carbocycles. The Hall–Kier alpha value is -2.53. The zero-order valence-electron chi connectivity index (χ0n) is 14.4. The van der Waals surface area contributed by atoms with Crippen molar-refractivity contribution in [2.75, 3.05) is 20.1 Å². The van der Waals surface area contributed by atoms with Crippen LogP contribution in [0.3, 0.4) is 0 Å². The summed E-state index contributed by atoms with van der Waals surface area (Å²) in [5.41, 5.74) is 1.98. The molecular formula is C20H23N3O2. The highest BCUT2D eigenvalue weighted by molar-refractivity contribution is 5.75. The maximum absolute atomic E-state index is 12.9. The summed E-state index contributed by atoms with van der Waals surface area (Å²) in [6.45, 7) is 1.87. The highest BCUT2D eigenvalue weighted by Crippen LogP contribution is 2.42. The fourth-order valence-electron chi connectivity index (χ4n) is 3.59. The van der Waals surface area contributed by atoms with Gasteiger partial charge in [-0.1, -0.05) is 42.8 Å². The number of ether oxygens (including phenoxy) is 1. The van der Waals surface area contributed by atoms with Gasteiger partial charge in [0.25, 0.3) is 0 Å². The first kappa shape index (κ1) is 16.0. The summed E-state index contributed by atoms with van der Waals surface area (Å²) in [6, 6.07) is 15.5. The Morgan fingerprint density at radius 1 is 1.00 bits per heavy atom. The second kappa shape index (κ2) is 6.76. The Kier molecular flexibility index (Phi) is 4.32. The van der Waals surface area contributed by atoms with Crippen LogP contribution in [0, 0.1) is 0 Å². The van der Waals surface area contributed by atoms with Crippen LogP contribution in [0.2, 0.25) is 0 Å². The van der Waals surface area contributed by atoms with Gasteiger partial charge in [-0.15, -0.1) is 0 Å². The number of carbonyl (C=O) groups is 1. The van der Waals surface area contributed by atoms with Crippen LogP contribution in [-0.2, 0) is 0 Å². The van der Waals surface area contributed by atoms with Gasteiger partial charge < -0.3 is 10.1 Å². The lowest BCUT2D eigenvalue weighted by atomic mass is 9.95. The number of hydrazine groups is 1. The molecule has 2 heterocycles. The average molecular weight is 337 g/mol. The van der Waals surface area contributed by atoms with Crippen LogP contribution in [0.1, 0.15) is 36.4 Å². The lowest BCUT2D eigenvalue weighted by Gasteiger charge is -2.36. The SMILES string of the molecule is CN(C(=O)NC1c2ccccc2Oc2ccccc21)N1CCCCC1. The van der Waals surface area contributed by atoms with Crippen molar-refractivity contribution in [2.45, 2.75) is 25.3 Å². The van der Waals surface area contributed by atoms with Crippen LogP contribution in [0.25, 0.3) is 0 Å². The van der Waals surface area contributed by atoms with Gasteiger partial charge in [0.15, 0.2) is 0 Å². The Morgan fingerprint density at radius 2 is 1.56 bits per heavy atom. The van der Waals surface area contributed by atoms with E-state index in [1.807, 2.05) is 55.6 Å². The molecular weight excluding hydrogens is 314 g/mol. The van der Waals surface area contributed by atoms with E-state index in [1.165, 1.54) is 6.42 Å². The smallest absolute Gasteiger partial charge is 0.332 e. The van der Waals surface area contributed by atoms with Gasteiger partial charge >= 0.3 is 6.03 Å². The van der Waals surface area contributed by atoms with E-state index in [9.17, 15) is 4.79 Å². The van der Waals surface area contributed by atoms with Gasteiger partial charge in [-0.2, -0.15) is 0 Å². The number of nitrogens with zero attached hydrogens (tertiary/aromatic N) is 2. The van der Waals surface area contributed by atoms with Crippen molar-refractivity contribution in [3.05, 3.63) is 59.7 Å². The molecule has 0 bridgehead atoms. The van der Waals surface area contributed by atoms with Gasteiger partial charge in [0.2, 0.25) is 0 Å². The monoisotopic (exact) mass is 337 g/mol. The van der Waals surface area contributed by atoms with E-state index in [2.05, 4.69) is 10.3 Å². The fraction of sp³-hybridized carbons (Fsp3) is 0.350. The average Bonchev–Trinajstić information content (AvgIpc) is 2.67. The molecule has 5 heteroatoms. The molecule has 2 amide bonds. The quantitative estimate of drug-likeness (QED) is 0.903. The van der Waals surface area contributed by atoms with Crippen molar-refractivity contribution in [2.24, 2.45) is 0 Å². The summed E-state index contributed by atoms with van der Waals surface area (Å²) in [4.78, 5) is 12.9. The summed E-state index contributed by atoms with van der Waals surface area (Å²) in [6.07, 6.45) is 3.52. The third-order valence-electron chi connectivity index (χ3n) is 5.00. The summed E-state index contributed by atoms with van der Waals surface area (Å²) in [5.74, 6) is 1.60. The summed E-state index contributed by atoms with van der Waals surface area (Å²) in [5, 5.41) is 7.04. The fourth-order valence-corrected chi connectivity index (χ4v) is 3.59. The van der Waals surface area contributed by atoms with Crippen molar-refractivity contribution < 1.29 is 9.53 Å². The Balaban J connectivity index is 1.60. The van der Waals surface area contributed by atoms with E-state index in [4.69, 9.17) is 4.74 Å². The minimum Gasteiger partial charge on any atom is -0.457 e. The zero-order chi connectivity index (χ0) is 17.2. The summed E-state index contributed by atoms with van der Waals surface area (Å²) in [7, 11) is 1.85. The molecule has 2 aliphatic rings. The number of hydrogen-bond acceptors (Lipinski definition) is 3. The molecule has 0 saturated carbocycles. The molecule has 5 nitrogen and oxygen atoms in total. The molecule has 0 radical (unpaired) electrons. The Morgan fingerprint density at radius 3 is 2.16 bits per heavy atom. The van der Waals surface area contributed by atoms with Gasteiger partial charge in [0.1, 0.15) is 11.5 Å². The number of urea groups is 1.